The third-order valence-corrected chi connectivity index (χ3v) is 5.44. The van der Waals surface area contributed by atoms with Gasteiger partial charge in [0.15, 0.2) is 11.6 Å². The third kappa shape index (κ3) is 5.40. The van der Waals surface area contributed by atoms with Gasteiger partial charge in [0.2, 0.25) is 5.91 Å². The van der Waals surface area contributed by atoms with Gasteiger partial charge in [-0.15, -0.1) is 0 Å². The molecule has 3 heterocycles. The van der Waals surface area contributed by atoms with Crippen LogP contribution in [-0.2, 0) is 4.79 Å². The highest BCUT2D eigenvalue weighted by atomic mass is 16.6. The van der Waals surface area contributed by atoms with Crippen LogP contribution in [0.1, 0.15) is 35.4 Å². The van der Waals surface area contributed by atoms with E-state index in [9.17, 15) is 19.7 Å². The van der Waals surface area contributed by atoms with Gasteiger partial charge < -0.3 is 24.4 Å². The summed E-state index contributed by atoms with van der Waals surface area (Å²) in [7, 11) is 0. The van der Waals surface area contributed by atoms with Crippen molar-refractivity contribution < 1.29 is 23.3 Å². The second-order valence-corrected chi connectivity index (χ2v) is 7.95. The maximum absolute atomic E-state index is 13.2. The van der Waals surface area contributed by atoms with Gasteiger partial charge in [-0.2, -0.15) is 0 Å². The summed E-state index contributed by atoms with van der Waals surface area (Å²) in [4.78, 5) is 37.8. The molecule has 1 aromatic carbocycles. The fraction of sp³-hybridized carbons (Fsp3) is 0.304. The highest BCUT2D eigenvalue weighted by molar-refractivity contribution is 5.99. The number of furan rings is 2. The molecular weight excluding hydrogens is 428 g/mol. The van der Waals surface area contributed by atoms with Crippen LogP contribution in [0.4, 0.5) is 5.69 Å². The van der Waals surface area contributed by atoms with Gasteiger partial charge in [-0.05, 0) is 56.5 Å². The van der Waals surface area contributed by atoms with Crippen LogP contribution in [-0.4, -0.2) is 40.6 Å². The van der Waals surface area contributed by atoms with E-state index in [-0.39, 0.29) is 24.1 Å². The van der Waals surface area contributed by atoms with E-state index in [4.69, 9.17) is 8.83 Å². The summed E-state index contributed by atoms with van der Waals surface area (Å²) < 4.78 is 10.5. The highest BCUT2D eigenvalue weighted by Gasteiger charge is 2.29. The standard InChI is InChI=1S/C23H24N4O6/c1-15-10-17-11-18(5-6-21(17)33-15)24-22(13-27(30)31)25-19-4-2-3-8-26(23(19)29)12-20(28)16-7-9-32-14-16/h5-7,9-11,13-14,19,24-25H,2-4,8,12H2,1H3/t19-/m0/s1. The van der Waals surface area contributed by atoms with E-state index < -0.39 is 11.0 Å². The number of aryl methyl sites for hydroxylation is 1. The lowest BCUT2D eigenvalue weighted by Gasteiger charge is -2.25. The largest absolute Gasteiger partial charge is 0.472 e. The van der Waals surface area contributed by atoms with E-state index in [0.717, 1.165) is 30.2 Å². The maximum Gasteiger partial charge on any atom is 0.274 e. The van der Waals surface area contributed by atoms with Crippen LogP contribution in [0.25, 0.3) is 11.0 Å². The van der Waals surface area contributed by atoms with Crippen LogP contribution in [0.3, 0.4) is 0 Å². The molecule has 2 N–H and O–H groups in total. The van der Waals surface area contributed by atoms with Gasteiger partial charge in [-0.25, -0.2) is 0 Å². The molecule has 1 aliphatic heterocycles. The van der Waals surface area contributed by atoms with E-state index >= 15 is 0 Å². The minimum absolute atomic E-state index is 0.0746. The zero-order chi connectivity index (χ0) is 23.4. The fourth-order valence-electron chi connectivity index (χ4n) is 3.89. The van der Waals surface area contributed by atoms with Crippen LogP contribution in [0.2, 0.25) is 0 Å². The number of nitro groups is 1. The number of carbonyl (C=O) groups excluding carboxylic acids is 2. The van der Waals surface area contributed by atoms with E-state index in [0.29, 0.717) is 29.8 Å². The Labute approximate surface area is 189 Å². The number of ketones is 1. The van der Waals surface area contributed by atoms with Gasteiger partial charge in [0, 0.05) is 17.6 Å². The van der Waals surface area contributed by atoms with Gasteiger partial charge >= 0.3 is 0 Å². The van der Waals surface area contributed by atoms with Crippen molar-refractivity contribution in [1.82, 2.24) is 10.2 Å². The number of anilines is 1. The number of hydrogen-bond donors (Lipinski definition) is 2. The predicted molar refractivity (Wildman–Crippen MR) is 120 cm³/mol. The average molecular weight is 452 g/mol. The summed E-state index contributed by atoms with van der Waals surface area (Å²) in [6.45, 7) is 2.21. The van der Waals surface area contributed by atoms with E-state index in [1.165, 1.54) is 17.4 Å². The van der Waals surface area contributed by atoms with Crippen LogP contribution >= 0.6 is 0 Å². The number of nitrogens with zero attached hydrogens (tertiary/aromatic N) is 2. The SMILES string of the molecule is Cc1cc2cc(NC(=C[N+](=O)[O-])N[C@H]3CCCCN(CC(=O)c4ccoc4)C3=O)ccc2o1. The Morgan fingerprint density at radius 3 is 2.91 bits per heavy atom. The number of nitrogens with one attached hydrogen (secondary N) is 2. The monoisotopic (exact) mass is 452 g/mol. The Morgan fingerprint density at radius 2 is 2.15 bits per heavy atom. The third-order valence-electron chi connectivity index (χ3n) is 5.44. The van der Waals surface area contributed by atoms with Crippen LogP contribution in [0.15, 0.2) is 63.7 Å². The Hall–Kier alpha value is -4.08. The average Bonchev–Trinajstić information content (AvgIpc) is 3.39. The lowest BCUT2D eigenvalue weighted by Crippen LogP contribution is -2.47. The number of amides is 1. The molecule has 1 saturated heterocycles. The summed E-state index contributed by atoms with van der Waals surface area (Å²) in [5.41, 5.74) is 1.72. The summed E-state index contributed by atoms with van der Waals surface area (Å²) >= 11 is 0. The number of benzene rings is 1. The van der Waals surface area contributed by atoms with Crippen molar-refractivity contribution >= 4 is 28.3 Å². The quantitative estimate of drug-likeness (QED) is 0.301. The molecule has 0 radical (unpaired) electrons. The summed E-state index contributed by atoms with van der Waals surface area (Å²) in [5.74, 6) is 0.346. The number of carbonyl (C=O) groups is 2. The Kier molecular flexibility index (Phi) is 6.43. The molecule has 1 fully saturated rings. The van der Waals surface area contributed by atoms with Crippen molar-refractivity contribution in [3.63, 3.8) is 0 Å². The van der Waals surface area contributed by atoms with Gasteiger partial charge in [-0.3, -0.25) is 19.7 Å². The minimum atomic E-state index is -0.705. The first-order valence-corrected chi connectivity index (χ1v) is 10.6. The first-order chi connectivity index (χ1) is 15.9. The second kappa shape index (κ2) is 9.60. The molecule has 3 aromatic rings. The molecule has 4 rings (SSSR count). The Balaban J connectivity index is 1.49. The molecule has 1 amide bonds. The summed E-state index contributed by atoms with van der Waals surface area (Å²) in [5, 5.41) is 18.1. The molecule has 33 heavy (non-hydrogen) atoms. The summed E-state index contributed by atoms with van der Waals surface area (Å²) in [6, 6.07) is 8.05. The number of Topliss-reactive ketones (excluding diaryl/α,β-unsaturated/α-hetero) is 1. The van der Waals surface area contributed by atoms with Gasteiger partial charge in [0.05, 0.1) is 23.3 Å². The molecule has 10 heteroatoms. The molecule has 2 aromatic heterocycles. The van der Waals surface area contributed by atoms with Crippen molar-refractivity contribution in [3.05, 3.63) is 76.3 Å². The van der Waals surface area contributed by atoms with E-state index in [1.54, 1.807) is 18.2 Å². The first kappa shape index (κ1) is 22.1. The zero-order valence-corrected chi connectivity index (χ0v) is 18.1. The number of fused-ring (bicyclic) bond motifs is 1. The Morgan fingerprint density at radius 1 is 1.30 bits per heavy atom. The second-order valence-electron chi connectivity index (χ2n) is 7.95. The van der Waals surface area contributed by atoms with E-state index in [2.05, 4.69) is 10.6 Å². The smallest absolute Gasteiger partial charge is 0.274 e. The molecule has 0 unspecified atom stereocenters. The van der Waals surface area contributed by atoms with Gasteiger partial charge in [0.25, 0.3) is 6.20 Å². The molecule has 0 saturated carbocycles. The minimum Gasteiger partial charge on any atom is -0.472 e. The lowest BCUT2D eigenvalue weighted by atomic mass is 10.1. The molecule has 1 atom stereocenters. The summed E-state index contributed by atoms with van der Waals surface area (Å²) in [6.07, 6.45) is 5.52. The lowest BCUT2D eigenvalue weighted by molar-refractivity contribution is -0.403. The molecule has 0 aliphatic carbocycles. The number of likely N-dealkylation sites (tertiary alicyclic amines) is 1. The molecule has 172 valence electrons. The first-order valence-electron chi connectivity index (χ1n) is 10.6. The molecule has 0 spiro atoms. The number of hydrogen-bond acceptors (Lipinski definition) is 8. The molecule has 10 nitrogen and oxygen atoms in total. The Bertz CT molecular complexity index is 1200. The molecule has 0 bridgehead atoms. The predicted octanol–water partition coefficient (Wildman–Crippen LogP) is 3.68. The maximum atomic E-state index is 13.2. The van der Waals surface area contributed by atoms with Crippen molar-refractivity contribution in [3.8, 4) is 0 Å². The zero-order valence-electron chi connectivity index (χ0n) is 18.1. The molecule has 1 aliphatic rings. The van der Waals surface area contributed by atoms with Crippen molar-refractivity contribution in [1.29, 1.82) is 0 Å². The van der Waals surface area contributed by atoms with Gasteiger partial charge in [0.1, 0.15) is 23.6 Å². The van der Waals surface area contributed by atoms with Crippen molar-refractivity contribution in [2.75, 3.05) is 18.4 Å². The highest BCUT2D eigenvalue weighted by Crippen LogP contribution is 2.23. The normalized spacial score (nSPS) is 17.1. The van der Waals surface area contributed by atoms with Crippen LogP contribution in [0.5, 0.6) is 0 Å². The van der Waals surface area contributed by atoms with Crippen LogP contribution < -0.4 is 10.6 Å². The van der Waals surface area contributed by atoms with Crippen molar-refractivity contribution in [2.24, 2.45) is 0 Å². The fourth-order valence-corrected chi connectivity index (χ4v) is 3.89. The van der Waals surface area contributed by atoms with E-state index in [1.807, 2.05) is 19.1 Å². The van der Waals surface area contributed by atoms with Crippen LogP contribution in [0, 0.1) is 17.0 Å². The molecular formula is C23H24N4O6. The topological polar surface area (TPSA) is 131 Å². The van der Waals surface area contributed by atoms with Crippen molar-refractivity contribution in [2.45, 2.75) is 32.2 Å². The number of rotatable bonds is 8. The van der Waals surface area contributed by atoms with Gasteiger partial charge in [-0.1, -0.05) is 0 Å².